The molecule has 0 saturated carbocycles. The van der Waals surface area contributed by atoms with Crippen molar-refractivity contribution in [2.45, 2.75) is 12.8 Å². The minimum absolute atomic E-state index is 0.0757. The minimum atomic E-state index is -0.0757. The highest BCUT2D eigenvalue weighted by atomic mass is 32.1. The molecule has 0 bridgehead atoms. The number of aromatic nitrogens is 1. The number of nitrogens with one attached hydrogen (secondary N) is 1. The molecule has 0 unspecified atom stereocenters. The van der Waals surface area contributed by atoms with Gasteiger partial charge in [-0.3, -0.25) is 4.79 Å². The van der Waals surface area contributed by atoms with Crippen molar-refractivity contribution in [3.63, 3.8) is 0 Å². The van der Waals surface area contributed by atoms with Gasteiger partial charge in [0.05, 0.1) is 24.4 Å². The highest BCUT2D eigenvalue weighted by molar-refractivity contribution is 7.22. The van der Waals surface area contributed by atoms with Gasteiger partial charge in [0.2, 0.25) is 5.91 Å². The van der Waals surface area contributed by atoms with Crippen LogP contribution >= 0.6 is 11.3 Å². The van der Waals surface area contributed by atoms with Gasteiger partial charge in [-0.2, -0.15) is 0 Å². The number of fused-ring (bicyclic) bond motifs is 3. The van der Waals surface area contributed by atoms with Gasteiger partial charge in [0.1, 0.15) is 0 Å². The van der Waals surface area contributed by atoms with E-state index < -0.39 is 0 Å². The molecule has 0 radical (unpaired) electrons. The molecule has 1 N–H and O–H groups in total. The zero-order valence-corrected chi connectivity index (χ0v) is 16.5. The largest absolute Gasteiger partial charge is 0.493 e. The zero-order valence-electron chi connectivity index (χ0n) is 15.7. The number of rotatable bonds is 6. The van der Waals surface area contributed by atoms with Crippen molar-refractivity contribution in [2.24, 2.45) is 0 Å². The molecule has 4 rings (SSSR count). The van der Waals surface area contributed by atoms with E-state index in [1.54, 1.807) is 14.2 Å². The molecule has 0 aliphatic heterocycles. The molecule has 5 nitrogen and oxygen atoms in total. The molecule has 0 saturated heterocycles. The summed E-state index contributed by atoms with van der Waals surface area (Å²) in [6, 6.07) is 17.9. The fourth-order valence-corrected chi connectivity index (χ4v) is 4.19. The Hall–Kier alpha value is -3.12. The summed E-state index contributed by atoms with van der Waals surface area (Å²) in [5.41, 5.74) is 1.86. The Morgan fingerprint density at radius 2 is 1.89 bits per heavy atom. The van der Waals surface area contributed by atoms with Crippen LogP contribution in [0.5, 0.6) is 11.5 Å². The van der Waals surface area contributed by atoms with E-state index in [4.69, 9.17) is 9.47 Å². The number of nitrogens with zero attached hydrogens (tertiary/aromatic N) is 1. The number of carbonyl (C=O) groups excluding carboxylic acids is 1. The Balaban J connectivity index is 1.49. The number of thiazole rings is 1. The zero-order chi connectivity index (χ0) is 19.5. The maximum absolute atomic E-state index is 12.5. The van der Waals surface area contributed by atoms with Crippen LogP contribution in [0.3, 0.4) is 0 Å². The number of hydrogen-bond donors (Lipinski definition) is 1. The highest BCUT2D eigenvalue weighted by Gasteiger charge is 2.13. The number of anilines is 1. The maximum Gasteiger partial charge on any atom is 0.226 e. The third-order valence-corrected chi connectivity index (χ3v) is 5.57. The van der Waals surface area contributed by atoms with Crippen LogP contribution in [0.15, 0.2) is 54.6 Å². The van der Waals surface area contributed by atoms with Crippen LogP contribution in [-0.4, -0.2) is 25.1 Å². The first kappa shape index (κ1) is 18.3. The van der Waals surface area contributed by atoms with E-state index >= 15 is 0 Å². The van der Waals surface area contributed by atoms with Gasteiger partial charge in [-0.1, -0.05) is 53.8 Å². The lowest BCUT2D eigenvalue weighted by Crippen LogP contribution is -2.12. The summed E-state index contributed by atoms with van der Waals surface area (Å²) in [5.74, 6) is 1.26. The lowest BCUT2D eigenvalue weighted by atomic mass is 10.1. The van der Waals surface area contributed by atoms with Crippen LogP contribution in [0.25, 0.3) is 21.0 Å². The van der Waals surface area contributed by atoms with Gasteiger partial charge >= 0.3 is 0 Å². The number of ether oxygens (including phenoxy) is 2. The van der Waals surface area contributed by atoms with Crippen molar-refractivity contribution in [1.82, 2.24) is 4.98 Å². The van der Waals surface area contributed by atoms with Crippen molar-refractivity contribution >= 4 is 43.4 Å². The minimum Gasteiger partial charge on any atom is -0.493 e. The molecule has 0 spiro atoms. The smallest absolute Gasteiger partial charge is 0.226 e. The molecule has 142 valence electrons. The van der Waals surface area contributed by atoms with Crippen molar-refractivity contribution in [3.8, 4) is 11.5 Å². The molecular weight excluding hydrogens is 372 g/mol. The number of para-hydroxylation sites is 1. The second kappa shape index (κ2) is 7.86. The Labute approximate surface area is 166 Å². The van der Waals surface area contributed by atoms with Crippen LogP contribution in [0.1, 0.15) is 12.0 Å². The van der Waals surface area contributed by atoms with Crippen molar-refractivity contribution < 1.29 is 14.3 Å². The van der Waals surface area contributed by atoms with Crippen molar-refractivity contribution in [3.05, 3.63) is 60.2 Å². The molecule has 1 amide bonds. The number of amides is 1. The summed E-state index contributed by atoms with van der Waals surface area (Å²) in [6.07, 6.45) is 0.889. The maximum atomic E-state index is 12.5. The van der Waals surface area contributed by atoms with E-state index in [9.17, 15) is 4.79 Å². The van der Waals surface area contributed by atoms with Gasteiger partial charge in [0, 0.05) is 11.8 Å². The summed E-state index contributed by atoms with van der Waals surface area (Å²) >= 11 is 1.49. The van der Waals surface area contributed by atoms with Gasteiger partial charge in [-0.15, -0.1) is 0 Å². The number of hydrogen-bond acceptors (Lipinski definition) is 5. The second-order valence-corrected chi connectivity index (χ2v) is 7.38. The number of methoxy groups -OCH3 is 2. The number of aryl methyl sites for hydroxylation is 1. The number of carbonyl (C=O) groups is 1. The summed E-state index contributed by atoms with van der Waals surface area (Å²) < 4.78 is 11.8. The van der Waals surface area contributed by atoms with Crippen LogP contribution in [0.2, 0.25) is 0 Å². The first-order valence-corrected chi connectivity index (χ1v) is 9.79. The van der Waals surface area contributed by atoms with Crippen LogP contribution in [0, 0.1) is 0 Å². The normalized spacial score (nSPS) is 10.9. The molecule has 0 atom stereocenters. The fourth-order valence-electron chi connectivity index (χ4n) is 3.30. The van der Waals surface area contributed by atoms with Gasteiger partial charge < -0.3 is 14.8 Å². The Morgan fingerprint density at radius 1 is 1.04 bits per heavy atom. The Kier molecular flexibility index (Phi) is 5.12. The first-order valence-electron chi connectivity index (χ1n) is 8.97. The predicted molar refractivity (Wildman–Crippen MR) is 114 cm³/mol. The van der Waals surface area contributed by atoms with Gasteiger partial charge in [0.25, 0.3) is 0 Å². The number of benzene rings is 3. The highest BCUT2D eigenvalue weighted by Crippen LogP contribution is 2.33. The SMILES string of the molecule is COc1cccc(CCC(=O)Nc2nc3c(ccc4ccccc43)s2)c1OC. The van der Waals surface area contributed by atoms with E-state index in [0.29, 0.717) is 29.5 Å². The molecule has 0 aliphatic rings. The monoisotopic (exact) mass is 392 g/mol. The lowest BCUT2D eigenvalue weighted by Gasteiger charge is -2.12. The summed E-state index contributed by atoms with van der Waals surface area (Å²) in [5, 5.41) is 5.79. The molecule has 1 heterocycles. The molecule has 6 heteroatoms. The lowest BCUT2D eigenvalue weighted by molar-refractivity contribution is -0.116. The Bertz CT molecular complexity index is 1150. The molecule has 3 aromatic carbocycles. The van der Waals surface area contributed by atoms with E-state index in [0.717, 1.165) is 26.6 Å². The van der Waals surface area contributed by atoms with Gasteiger partial charge in [-0.25, -0.2) is 4.98 Å². The van der Waals surface area contributed by atoms with E-state index in [-0.39, 0.29) is 5.91 Å². The molecule has 0 fully saturated rings. The summed E-state index contributed by atoms with van der Waals surface area (Å²) in [4.78, 5) is 17.1. The molecule has 28 heavy (non-hydrogen) atoms. The van der Waals surface area contributed by atoms with E-state index in [1.165, 1.54) is 11.3 Å². The Morgan fingerprint density at radius 3 is 2.71 bits per heavy atom. The van der Waals surface area contributed by atoms with Gasteiger partial charge in [-0.05, 0) is 29.5 Å². The van der Waals surface area contributed by atoms with Crippen molar-refractivity contribution in [2.75, 3.05) is 19.5 Å². The van der Waals surface area contributed by atoms with E-state index in [1.807, 2.05) is 36.4 Å². The molecular formula is C22H20N2O3S. The quantitative estimate of drug-likeness (QED) is 0.499. The average molecular weight is 392 g/mol. The van der Waals surface area contributed by atoms with Crippen LogP contribution in [-0.2, 0) is 11.2 Å². The standard InChI is InChI=1S/C22H20N2O3S/c1-26-17-9-5-7-15(21(17)27-2)11-13-19(25)23-22-24-20-16-8-4-3-6-14(16)10-12-18(20)28-22/h3-10,12H,11,13H2,1-2H3,(H,23,24,25). The van der Waals surface area contributed by atoms with E-state index in [2.05, 4.69) is 28.5 Å². The van der Waals surface area contributed by atoms with Gasteiger partial charge in [0.15, 0.2) is 16.6 Å². The molecule has 1 aromatic heterocycles. The van der Waals surface area contributed by atoms with Crippen LogP contribution < -0.4 is 14.8 Å². The first-order chi connectivity index (χ1) is 13.7. The van der Waals surface area contributed by atoms with Crippen molar-refractivity contribution in [1.29, 1.82) is 0 Å². The second-order valence-electron chi connectivity index (χ2n) is 6.35. The average Bonchev–Trinajstić information content (AvgIpc) is 3.14. The third kappa shape index (κ3) is 3.51. The van der Waals surface area contributed by atoms with Crippen LogP contribution in [0.4, 0.5) is 5.13 Å². The summed E-state index contributed by atoms with van der Waals surface area (Å²) in [6.45, 7) is 0. The summed E-state index contributed by atoms with van der Waals surface area (Å²) in [7, 11) is 3.21. The molecule has 0 aliphatic carbocycles. The molecule has 4 aromatic rings. The topological polar surface area (TPSA) is 60.5 Å². The fraction of sp³-hybridized carbons (Fsp3) is 0.182. The third-order valence-electron chi connectivity index (χ3n) is 4.64. The predicted octanol–water partition coefficient (Wildman–Crippen LogP) is 5.04.